The Morgan fingerprint density at radius 3 is 2.39 bits per heavy atom. The van der Waals surface area contributed by atoms with Crippen LogP contribution in [0, 0.1) is 0 Å². The molecule has 1 aromatic rings. The van der Waals surface area contributed by atoms with E-state index in [2.05, 4.69) is 41.6 Å². The summed E-state index contributed by atoms with van der Waals surface area (Å²) in [5.41, 5.74) is 2.32. The van der Waals surface area contributed by atoms with Crippen LogP contribution in [0.25, 0.3) is 0 Å². The van der Waals surface area contributed by atoms with Crippen LogP contribution in [0.4, 0.5) is 0 Å². The van der Waals surface area contributed by atoms with E-state index in [1.165, 1.54) is 24.8 Å². The minimum absolute atomic E-state index is 0.00934. The van der Waals surface area contributed by atoms with Gasteiger partial charge in [0.15, 0.2) is 0 Å². The minimum Gasteiger partial charge on any atom is -0.496 e. The zero-order valence-corrected chi connectivity index (χ0v) is 16.5. The maximum Gasteiger partial charge on any atom is 0.146 e. The quantitative estimate of drug-likeness (QED) is 0.344. The molecule has 0 saturated heterocycles. The number of hydrogen-bond donors (Lipinski definition) is 0. The maximum absolute atomic E-state index is 12.1. The summed E-state index contributed by atoms with van der Waals surface area (Å²) < 4.78 is 11.4. The first-order chi connectivity index (χ1) is 11.1. The van der Waals surface area contributed by atoms with E-state index < -0.39 is 0 Å². The molecule has 1 saturated carbocycles. The average molecular weight is 430 g/mol. The lowest BCUT2D eigenvalue weighted by Gasteiger charge is -2.29. The van der Waals surface area contributed by atoms with Crippen LogP contribution in [0.2, 0.25) is 0 Å². The zero-order chi connectivity index (χ0) is 16.8. The summed E-state index contributed by atoms with van der Waals surface area (Å²) in [5.74, 6) is 2.28. The molecule has 2 atom stereocenters. The van der Waals surface area contributed by atoms with Crippen molar-refractivity contribution in [2.24, 2.45) is 0 Å². The fraction of sp³-hybridized carbons (Fsp3) is 0.632. The molecule has 0 aromatic heterocycles. The van der Waals surface area contributed by atoms with Gasteiger partial charge in [-0.1, -0.05) is 42.4 Å². The zero-order valence-electron chi connectivity index (χ0n) is 14.4. The molecule has 1 aromatic carbocycles. The summed E-state index contributed by atoms with van der Waals surface area (Å²) in [6.45, 7) is 2.21. The van der Waals surface area contributed by atoms with Crippen LogP contribution < -0.4 is 9.47 Å². The lowest BCUT2D eigenvalue weighted by molar-refractivity contribution is -0.119. The number of hydrogen-bond acceptors (Lipinski definition) is 3. The van der Waals surface area contributed by atoms with Crippen molar-refractivity contribution in [3.63, 3.8) is 0 Å². The summed E-state index contributed by atoms with van der Waals surface area (Å²) in [4.78, 5) is 12.1. The van der Waals surface area contributed by atoms with Gasteiger partial charge in [-0.2, -0.15) is 0 Å². The van der Waals surface area contributed by atoms with Gasteiger partial charge in [-0.05, 0) is 43.4 Å². The SMILES string of the molecule is CCCCCc1cc(OC)c([C@H]2CCCC(=O)C2I)c(OC)c1. The molecule has 0 radical (unpaired) electrons. The molecule has 128 valence electrons. The topological polar surface area (TPSA) is 35.5 Å². The van der Waals surface area contributed by atoms with E-state index in [9.17, 15) is 4.79 Å². The second-order valence-electron chi connectivity index (χ2n) is 6.24. The molecule has 0 N–H and O–H groups in total. The smallest absolute Gasteiger partial charge is 0.146 e. The fourth-order valence-electron chi connectivity index (χ4n) is 3.38. The Morgan fingerprint density at radius 2 is 1.83 bits per heavy atom. The van der Waals surface area contributed by atoms with Gasteiger partial charge in [0.25, 0.3) is 0 Å². The third kappa shape index (κ3) is 4.40. The highest BCUT2D eigenvalue weighted by Gasteiger charge is 2.34. The molecule has 0 aliphatic heterocycles. The number of ketones is 1. The Kier molecular flexibility index (Phi) is 7.18. The molecular formula is C19H27IO3. The molecule has 0 bridgehead atoms. The Balaban J connectivity index is 2.35. The van der Waals surface area contributed by atoms with Gasteiger partial charge in [-0.25, -0.2) is 0 Å². The van der Waals surface area contributed by atoms with Crippen molar-refractivity contribution >= 4 is 28.4 Å². The second-order valence-corrected chi connectivity index (χ2v) is 7.58. The van der Waals surface area contributed by atoms with Crippen LogP contribution in [0.3, 0.4) is 0 Å². The van der Waals surface area contributed by atoms with E-state index in [4.69, 9.17) is 9.47 Å². The number of carbonyl (C=O) groups excluding carboxylic acids is 1. The predicted octanol–water partition coefficient (Wildman–Crippen LogP) is 5.08. The number of rotatable bonds is 7. The third-order valence-electron chi connectivity index (χ3n) is 4.64. The Bertz CT molecular complexity index is 516. The van der Waals surface area contributed by atoms with E-state index in [1.807, 2.05) is 0 Å². The number of alkyl halides is 1. The van der Waals surface area contributed by atoms with Crippen LogP contribution in [-0.2, 0) is 11.2 Å². The Morgan fingerprint density at radius 1 is 1.17 bits per heavy atom. The van der Waals surface area contributed by atoms with E-state index in [0.717, 1.165) is 36.3 Å². The van der Waals surface area contributed by atoms with Crippen LogP contribution in [0.1, 0.15) is 62.5 Å². The number of aryl methyl sites for hydroxylation is 1. The standard InChI is InChI=1S/C19H27IO3/c1-4-5-6-8-13-11-16(22-2)18(17(12-13)23-3)14-9-7-10-15(21)19(14)20/h11-12,14,19H,4-10H2,1-3H3/t14-,19?/m1/s1. The van der Waals surface area contributed by atoms with E-state index in [-0.39, 0.29) is 9.84 Å². The highest BCUT2D eigenvalue weighted by atomic mass is 127. The van der Waals surface area contributed by atoms with Crippen LogP contribution in [0.5, 0.6) is 11.5 Å². The van der Waals surface area contributed by atoms with Crippen molar-refractivity contribution in [2.45, 2.75) is 61.7 Å². The Labute approximate surface area is 153 Å². The lowest BCUT2D eigenvalue weighted by Crippen LogP contribution is -2.27. The monoisotopic (exact) mass is 430 g/mol. The summed E-state index contributed by atoms with van der Waals surface area (Å²) in [6, 6.07) is 4.27. The van der Waals surface area contributed by atoms with Gasteiger partial charge in [0.05, 0.1) is 18.1 Å². The van der Waals surface area contributed by atoms with Gasteiger partial charge in [-0.15, -0.1) is 0 Å². The van der Waals surface area contributed by atoms with Crippen molar-refractivity contribution in [2.75, 3.05) is 14.2 Å². The van der Waals surface area contributed by atoms with Crippen molar-refractivity contribution in [3.8, 4) is 11.5 Å². The van der Waals surface area contributed by atoms with Gasteiger partial charge >= 0.3 is 0 Å². The summed E-state index contributed by atoms with van der Waals surface area (Å²) in [7, 11) is 3.42. The van der Waals surface area contributed by atoms with Gasteiger partial charge < -0.3 is 9.47 Å². The van der Waals surface area contributed by atoms with Crippen molar-refractivity contribution < 1.29 is 14.3 Å². The van der Waals surface area contributed by atoms with Crippen molar-refractivity contribution in [3.05, 3.63) is 23.3 Å². The molecule has 1 unspecified atom stereocenters. The number of halogens is 1. The first-order valence-electron chi connectivity index (χ1n) is 8.53. The number of ether oxygens (including phenoxy) is 2. The fourth-order valence-corrected chi connectivity index (χ4v) is 4.41. The van der Waals surface area contributed by atoms with E-state index >= 15 is 0 Å². The summed E-state index contributed by atoms with van der Waals surface area (Å²) in [6.07, 6.45) is 7.34. The molecule has 3 nitrogen and oxygen atoms in total. The molecule has 0 heterocycles. The summed E-state index contributed by atoms with van der Waals surface area (Å²) >= 11 is 2.29. The maximum atomic E-state index is 12.1. The first-order valence-corrected chi connectivity index (χ1v) is 9.78. The van der Waals surface area contributed by atoms with Gasteiger partial charge in [0.2, 0.25) is 0 Å². The third-order valence-corrected chi connectivity index (χ3v) is 6.21. The molecule has 1 aliphatic carbocycles. The number of Topliss-reactive ketones (excluding diaryl/α,β-unsaturated/α-hetero) is 1. The molecule has 1 fully saturated rings. The molecular weight excluding hydrogens is 403 g/mol. The van der Waals surface area contributed by atoms with Gasteiger partial charge in [-0.3, -0.25) is 4.79 Å². The number of benzene rings is 1. The molecule has 1 aliphatic rings. The molecule has 0 spiro atoms. The van der Waals surface area contributed by atoms with E-state index in [1.54, 1.807) is 14.2 Å². The number of methoxy groups -OCH3 is 2. The normalized spacial score (nSPS) is 21.3. The van der Waals surface area contributed by atoms with Crippen molar-refractivity contribution in [1.29, 1.82) is 0 Å². The van der Waals surface area contributed by atoms with Crippen LogP contribution >= 0.6 is 22.6 Å². The van der Waals surface area contributed by atoms with Gasteiger partial charge in [0, 0.05) is 17.9 Å². The first kappa shape index (κ1) is 18.6. The summed E-state index contributed by atoms with van der Waals surface area (Å²) in [5, 5.41) is 0. The van der Waals surface area contributed by atoms with Crippen LogP contribution in [-0.4, -0.2) is 23.9 Å². The second kappa shape index (κ2) is 8.90. The number of carbonyl (C=O) groups is 1. The molecule has 0 amide bonds. The van der Waals surface area contributed by atoms with E-state index in [0.29, 0.717) is 12.2 Å². The minimum atomic E-state index is 0.00934. The van der Waals surface area contributed by atoms with Crippen molar-refractivity contribution in [1.82, 2.24) is 0 Å². The highest BCUT2D eigenvalue weighted by molar-refractivity contribution is 14.1. The molecule has 23 heavy (non-hydrogen) atoms. The average Bonchev–Trinajstić information content (AvgIpc) is 2.57. The highest BCUT2D eigenvalue weighted by Crippen LogP contribution is 2.45. The molecule has 2 rings (SSSR count). The Hall–Kier alpha value is -0.780. The van der Waals surface area contributed by atoms with Gasteiger partial charge in [0.1, 0.15) is 17.3 Å². The predicted molar refractivity (Wildman–Crippen MR) is 102 cm³/mol. The largest absolute Gasteiger partial charge is 0.496 e. The molecule has 4 heteroatoms. The lowest BCUT2D eigenvalue weighted by atomic mass is 9.82. The number of unbranched alkanes of at least 4 members (excludes halogenated alkanes) is 2. The van der Waals surface area contributed by atoms with Crippen LogP contribution in [0.15, 0.2) is 12.1 Å².